The standard InChI is InChI=1S/C10H20N6/c1-4-8-13-9(15-14-8)7-12-10(11)16(5-2)6-3/h4-7H2,1-3H3,(H2,11,12)(H,13,14,15). The van der Waals surface area contributed by atoms with E-state index in [0.29, 0.717) is 12.5 Å². The molecule has 1 aromatic heterocycles. The second kappa shape index (κ2) is 6.09. The maximum atomic E-state index is 5.84. The average Bonchev–Trinajstić information content (AvgIpc) is 2.76. The first-order chi connectivity index (χ1) is 7.71. The van der Waals surface area contributed by atoms with E-state index < -0.39 is 0 Å². The molecule has 0 fully saturated rings. The van der Waals surface area contributed by atoms with E-state index in [-0.39, 0.29) is 0 Å². The van der Waals surface area contributed by atoms with Crippen LogP contribution in [-0.4, -0.2) is 39.1 Å². The van der Waals surface area contributed by atoms with Crippen molar-refractivity contribution in [2.75, 3.05) is 13.1 Å². The predicted molar refractivity (Wildman–Crippen MR) is 64.0 cm³/mol. The fourth-order valence-corrected chi connectivity index (χ4v) is 1.37. The maximum Gasteiger partial charge on any atom is 0.191 e. The minimum Gasteiger partial charge on any atom is -0.370 e. The third kappa shape index (κ3) is 3.22. The molecule has 0 radical (unpaired) electrons. The summed E-state index contributed by atoms with van der Waals surface area (Å²) in [5.41, 5.74) is 5.84. The Hall–Kier alpha value is -1.59. The van der Waals surface area contributed by atoms with Gasteiger partial charge in [-0.2, -0.15) is 5.10 Å². The Morgan fingerprint density at radius 2 is 2.06 bits per heavy atom. The summed E-state index contributed by atoms with van der Waals surface area (Å²) in [5.74, 6) is 2.12. The first-order valence-electron chi connectivity index (χ1n) is 5.66. The molecule has 0 saturated carbocycles. The van der Waals surface area contributed by atoms with Gasteiger partial charge in [0, 0.05) is 19.5 Å². The number of H-pyrrole nitrogens is 1. The molecular weight excluding hydrogens is 204 g/mol. The van der Waals surface area contributed by atoms with Crippen LogP contribution in [0.5, 0.6) is 0 Å². The normalized spacial score (nSPS) is 11.8. The van der Waals surface area contributed by atoms with E-state index in [0.717, 1.165) is 31.2 Å². The zero-order valence-electron chi connectivity index (χ0n) is 10.2. The molecule has 16 heavy (non-hydrogen) atoms. The summed E-state index contributed by atoms with van der Waals surface area (Å²) in [6.45, 7) is 8.30. The Labute approximate surface area is 96.0 Å². The lowest BCUT2D eigenvalue weighted by Gasteiger charge is -2.18. The van der Waals surface area contributed by atoms with Gasteiger partial charge in [0.1, 0.15) is 12.4 Å². The summed E-state index contributed by atoms with van der Waals surface area (Å²) in [6, 6.07) is 0. The molecule has 3 N–H and O–H groups in total. The van der Waals surface area contributed by atoms with Crippen LogP contribution >= 0.6 is 0 Å². The van der Waals surface area contributed by atoms with Crippen molar-refractivity contribution in [3.8, 4) is 0 Å². The van der Waals surface area contributed by atoms with Gasteiger partial charge < -0.3 is 10.6 Å². The molecule has 0 aliphatic heterocycles. The lowest BCUT2D eigenvalue weighted by molar-refractivity contribution is 0.458. The van der Waals surface area contributed by atoms with Gasteiger partial charge in [-0.25, -0.2) is 9.98 Å². The Morgan fingerprint density at radius 3 is 2.56 bits per heavy atom. The average molecular weight is 224 g/mol. The van der Waals surface area contributed by atoms with E-state index in [4.69, 9.17) is 5.73 Å². The number of guanidine groups is 1. The monoisotopic (exact) mass is 224 g/mol. The van der Waals surface area contributed by atoms with Crippen LogP contribution in [-0.2, 0) is 13.0 Å². The summed E-state index contributed by atoms with van der Waals surface area (Å²) < 4.78 is 0. The van der Waals surface area contributed by atoms with Crippen LogP contribution in [0, 0.1) is 0 Å². The number of hydrogen-bond acceptors (Lipinski definition) is 3. The fourth-order valence-electron chi connectivity index (χ4n) is 1.37. The van der Waals surface area contributed by atoms with Crippen LogP contribution in [0.4, 0.5) is 0 Å². The fraction of sp³-hybridized carbons (Fsp3) is 0.700. The van der Waals surface area contributed by atoms with Crippen molar-refractivity contribution in [1.82, 2.24) is 20.1 Å². The van der Waals surface area contributed by atoms with E-state index in [1.54, 1.807) is 0 Å². The lowest BCUT2D eigenvalue weighted by Crippen LogP contribution is -2.37. The molecule has 0 aliphatic rings. The van der Waals surface area contributed by atoms with Gasteiger partial charge in [0.05, 0.1) is 0 Å². The van der Waals surface area contributed by atoms with Crippen molar-refractivity contribution in [3.63, 3.8) is 0 Å². The number of nitrogens with one attached hydrogen (secondary N) is 1. The molecule has 0 unspecified atom stereocenters. The molecule has 1 heterocycles. The number of hydrogen-bond donors (Lipinski definition) is 2. The molecule has 0 spiro atoms. The number of aliphatic imine (C=N–C) groups is 1. The van der Waals surface area contributed by atoms with E-state index in [1.165, 1.54) is 0 Å². The quantitative estimate of drug-likeness (QED) is 0.564. The van der Waals surface area contributed by atoms with Crippen LogP contribution < -0.4 is 5.73 Å². The van der Waals surface area contributed by atoms with E-state index in [9.17, 15) is 0 Å². The summed E-state index contributed by atoms with van der Waals surface area (Å²) in [7, 11) is 0. The van der Waals surface area contributed by atoms with Crippen molar-refractivity contribution in [1.29, 1.82) is 0 Å². The van der Waals surface area contributed by atoms with Gasteiger partial charge in [-0.3, -0.25) is 5.10 Å². The molecule has 6 nitrogen and oxygen atoms in total. The number of rotatable bonds is 5. The van der Waals surface area contributed by atoms with Crippen LogP contribution in [0.3, 0.4) is 0 Å². The summed E-state index contributed by atoms with van der Waals surface area (Å²) in [4.78, 5) is 10.5. The summed E-state index contributed by atoms with van der Waals surface area (Å²) in [6.07, 6.45) is 0.825. The molecule has 0 amide bonds. The maximum absolute atomic E-state index is 5.84. The van der Waals surface area contributed by atoms with Gasteiger partial charge >= 0.3 is 0 Å². The number of aryl methyl sites for hydroxylation is 1. The van der Waals surface area contributed by atoms with Crippen molar-refractivity contribution in [2.24, 2.45) is 10.7 Å². The van der Waals surface area contributed by atoms with Crippen molar-refractivity contribution in [2.45, 2.75) is 33.7 Å². The van der Waals surface area contributed by atoms with Crippen LogP contribution in [0.15, 0.2) is 4.99 Å². The minimum absolute atomic E-state index is 0.454. The summed E-state index contributed by atoms with van der Waals surface area (Å²) >= 11 is 0. The van der Waals surface area contributed by atoms with Gasteiger partial charge in [-0.15, -0.1) is 0 Å². The number of nitrogens with zero attached hydrogens (tertiary/aromatic N) is 4. The van der Waals surface area contributed by atoms with Crippen LogP contribution in [0.1, 0.15) is 32.4 Å². The highest BCUT2D eigenvalue weighted by Crippen LogP contribution is 1.96. The van der Waals surface area contributed by atoms with Gasteiger partial charge in [0.25, 0.3) is 0 Å². The molecule has 0 atom stereocenters. The number of aromatic nitrogens is 3. The zero-order valence-corrected chi connectivity index (χ0v) is 10.2. The molecule has 0 bridgehead atoms. The van der Waals surface area contributed by atoms with E-state index >= 15 is 0 Å². The number of nitrogens with two attached hydrogens (primary N) is 1. The Kier molecular flexibility index (Phi) is 4.75. The highest BCUT2D eigenvalue weighted by atomic mass is 15.3. The topological polar surface area (TPSA) is 83.2 Å². The van der Waals surface area contributed by atoms with Gasteiger partial charge in [-0.1, -0.05) is 6.92 Å². The van der Waals surface area contributed by atoms with Gasteiger partial charge in [0.2, 0.25) is 0 Å². The lowest BCUT2D eigenvalue weighted by atomic mass is 10.5. The Bertz CT molecular complexity index is 339. The van der Waals surface area contributed by atoms with Gasteiger partial charge in [-0.05, 0) is 13.8 Å². The van der Waals surface area contributed by atoms with E-state index in [1.807, 2.05) is 11.8 Å². The third-order valence-corrected chi connectivity index (χ3v) is 2.37. The molecule has 6 heteroatoms. The predicted octanol–water partition coefficient (Wildman–Crippen LogP) is 0.524. The molecule has 1 rings (SSSR count). The van der Waals surface area contributed by atoms with Crippen LogP contribution in [0.2, 0.25) is 0 Å². The first-order valence-corrected chi connectivity index (χ1v) is 5.66. The second-order valence-corrected chi connectivity index (χ2v) is 3.40. The molecular formula is C10H20N6. The summed E-state index contributed by atoms with van der Waals surface area (Å²) in [5, 5.41) is 6.88. The minimum atomic E-state index is 0.454. The van der Waals surface area contributed by atoms with Gasteiger partial charge in [0.15, 0.2) is 11.8 Å². The smallest absolute Gasteiger partial charge is 0.191 e. The van der Waals surface area contributed by atoms with Crippen molar-refractivity contribution in [3.05, 3.63) is 11.6 Å². The molecule has 90 valence electrons. The second-order valence-electron chi connectivity index (χ2n) is 3.40. The zero-order chi connectivity index (χ0) is 12.0. The largest absolute Gasteiger partial charge is 0.370 e. The Morgan fingerprint density at radius 1 is 1.38 bits per heavy atom. The molecule has 0 aromatic carbocycles. The highest BCUT2D eigenvalue weighted by Gasteiger charge is 2.03. The molecule has 0 saturated heterocycles. The highest BCUT2D eigenvalue weighted by molar-refractivity contribution is 5.77. The molecule has 0 aliphatic carbocycles. The van der Waals surface area contributed by atoms with Crippen LogP contribution in [0.25, 0.3) is 0 Å². The van der Waals surface area contributed by atoms with E-state index in [2.05, 4.69) is 34.0 Å². The Balaban J connectivity index is 2.57. The first kappa shape index (κ1) is 12.5. The van der Waals surface area contributed by atoms with Crippen molar-refractivity contribution < 1.29 is 0 Å². The third-order valence-electron chi connectivity index (χ3n) is 2.37. The number of aromatic amines is 1. The van der Waals surface area contributed by atoms with Crippen molar-refractivity contribution >= 4 is 5.96 Å². The SMILES string of the molecule is CCc1n[nH]c(CN=C(N)N(CC)CC)n1. The molecule has 1 aromatic rings.